The molecule has 0 saturated carbocycles. The van der Waals surface area contributed by atoms with Gasteiger partial charge < -0.3 is 10.5 Å². The maximum atomic E-state index is 6.10. The third kappa shape index (κ3) is 5.65. The van der Waals surface area contributed by atoms with E-state index >= 15 is 0 Å². The smallest absolute Gasteiger partial charge is 0.0659 e. The highest BCUT2D eigenvalue weighted by Crippen LogP contribution is 2.12. The number of hydrogen-bond acceptors (Lipinski definition) is 2. The van der Waals surface area contributed by atoms with Crippen LogP contribution in [-0.4, -0.2) is 13.2 Å². The van der Waals surface area contributed by atoms with Crippen molar-refractivity contribution in [3.05, 3.63) is 35.4 Å². The number of benzene rings is 1. The Morgan fingerprint density at radius 3 is 2.39 bits per heavy atom. The first-order valence-electron chi connectivity index (χ1n) is 7.20. The van der Waals surface area contributed by atoms with E-state index in [2.05, 4.69) is 38.1 Å². The normalized spacial score (nSPS) is 12.6. The number of hydrogen-bond donors (Lipinski definition) is 1. The third-order valence-corrected chi connectivity index (χ3v) is 3.26. The molecule has 0 heterocycles. The van der Waals surface area contributed by atoms with Crippen LogP contribution in [0.2, 0.25) is 0 Å². The van der Waals surface area contributed by atoms with Gasteiger partial charge in [0.15, 0.2) is 0 Å². The van der Waals surface area contributed by atoms with Gasteiger partial charge in [0.05, 0.1) is 12.6 Å². The van der Waals surface area contributed by atoms with Gasteiger partial charge in [-0.3, -0.25) is 0 Å². The van der Waals surface area contributed by atoms with Crippen LogP contribution in [0.4, 0.5) is 0 Å². The summed E-state index contributed by atoms with van der Waals surface area (Å²) in [6.07, 6.45) is 6.05. The van der Waals surface area contributed by atoms with Crippen LogP contribution in [0.3, 0.4) is 0 Å². The Hall–Kier alpha value is -0.860. The monoisotopic (exact) mass is 249 g/mol. The van der Waals surface area contributed by atoms with Gasteiger partial charge in [-0.2, -0.15) is 0 Å². The van der Waals surface area contributed by atoms with Crippen molar-refractivity contribution in [3.63, 3.8) is 0 Å². The second-order valence-electron chi connectivity index (χ2n) is 4.84. The molecular formula is C16H27NO. The summed E-state index contributed by atoms with van der Waals surface area (Å²) in [5.41, 5.74) is 8.62. The summed E-state index contributed by atoms with van der Waals surface area (Å²) >= 11 is 0. The summed E-state index contributed by atoms with van der Waals surface area (Å²) in [6, 6.07) is 8.53. The second kappa shape index (κ2) is 9.12. The Morgan fingerprint density at radius 1 is 1.06 bits per heavy atom. The van der Waals surface area contributed by atoms with Gasteiger partial charge in [0, 0.05) is 6.61 Å². The third-order valence-electron chi connectivity index (χ3n) is 3.26. The van der Waals surface area contributed by atoms with Gasteiger partial charge in [0.2, 0.25) is 0 Å². The quantitative estimate of drug-likeness (QED) is 0.675. The molecule has 1 aromatic carbocycles. The molecule has 0 spiro atoms. The molecule has 1 unspecified atom stereocenters. The predicted octanol–water partition coefficient (Wildman–Crippen LogP) is 3.85. The number of nitrogens with two attached hydrogens (primary N) is 1. The highest BCUT2D eigenvalue weighted by molar-refractivity contribution is 5.24. The van der Waals surface area contributed by atoms with Crippen molar-refractivity contribution in [1.29, 1.82) is 0 Å². The summed E-state index contributed by atoms with van der Waals surface area (Å²) in [7, 11) is 0. The van der Waals surface area contributed by atoms with Crippen LogP contribution in [0, 0.1) is 0 Å². The van der Waals surface area contributed by atoms with E-state index in [1.165, 1.54) is 30.4 Å². The Morgan fingerprint density at radius 2 is 1.78 bits per heavy atom. The fourth-order valence-corrected chi connectivity index (χ4v) is 1.94. The molecule has 0 saturated heterocycles. The molecule has 2 heteroatoms. The molecule has 0 aromatic heterocycles. The van der Waals surface area contributed by atoms with Crippen LogP contribution in [0.1, 0.15) is 56.7 Å². The van der Waals surface area contributed by atoms with Crippen molar-refractivity contribution in [3.8, 4) is 0 Å². The highest BCUT2D eigenvalue weighted by Gasteiger charge is 2.05. The van der Waals surface area contributed by atoms with E-state index in [0.29, 0.717) is 6.61 Å². The van der Waals surface area contributed by atoms with Crippen molar-refractivity contribution in [2.24, 2.45) is 5.73 Å². The van der Waals surface area contributed by atoms with Crippen molar-refractivity contribution in [2.45, 2.75) is 52.0 Å². The van der Waals surface area contributed by atoms with Crippen LogP contribution >= 0.6 is 0 Å². The van der Waals surface area contributed by atoms with Gasteiger partial charge in [-0.25, -0.2) is 0 Å². The van der Waals surface area contributed by atoms with Crippen LogP contribution < -0.4 is 5.73 Å². The van der Waals surface area contributed by atoms with E-state index in [1.54, 1.807) is 0 Å². The van der Waals surface area contributed by atoms with E-state index in [1.807, 2.05) is 0 Å². The lowest BCUT2D eigenvalue weighted by molar-refractivity contribution is 0.117. The molecule has 1 aromatic rings. The summed E-state index contributed by atoms with van der Waals surface area (Å²) in [5, 5.41) is 0. The molecule has 0 aliphatic carbocycles. The number of unbranched alkanes of at least 4 members (excludes halogenated alkanes) is 3. The summed E-state index contributed by atoms with van der Waals surface area (Å²) in [6.45, 7) is 5.84. The lowest BCUT2D eigenvalue weighted by Crippen LogP contribution is -2.17. The van der Waals surface area contributed by atoms with E-state index in [-0.39, 0.29) is 6.04 Å². The zero-order valence-corrected chi connectivity index (χ0v) is 11.8. The molecule has 0 fully saturated rings. The molecule has 2 nitrogen and oxygen atoms in total. The molecule has 0 bridgehead atoms. The van der Waals surface area contributed by atoms with Gasteiger partial charge in [0.1, 0.15) is 0 Å². The molecule has 2 N–H and O–H groups in total. The number of aryl methyl sites for hydroxylation is 1. The number of rotatable bonds is 9. The molecule has 1 atom stereocenters. The zero-order valence-electron chi connectivity index (χ0n) is 11.8. The van der Waals surface area contributed by atoms with Crippen LogP contribution in [0.15, 0.2) is 24.3 Å². The summed E-state index contributed by atoms with van der Waals surface area (Å²) in [5.74, 6) is 0. The standard InChI is InChI=1S/C16H27NO/c1-3-5-6-7-12-18-13-16(17)15-10-8-14(4-2)9-11-15/h8-11,16H,3-7,12-13,17H2,1-2H3. The fourth-order valence-electron chi connectivity index (χ4n) is 1.94. The number of ether oxygens (including phenoxy) is 1. The van der Waals surface area contributed by atoms with Crippen LogP contribution in [0.5, 0.6) is 0 Å². The fraction of sp³-hybridized carbons (Fsp3) is 0.625. The van der Waals surface area contributed by atoms with Crippen LogP contribution in [0.25, 0.3) is 0 Å². The minimum Gasteiger partial charge on any atom is -0.379 e. The van der Waals surface area contributed by atoms with Crippen molar-refractivity contribution < 1.29 is 4.74 Å². The van der Waals surface area contributed by atoms with E-state index in [9.17, 15) is 0 Å². The molecular weight excluding hydrogens is 222 g/mol. The first-order valence-corrected chi connectivity index (χ1v) is 7.20. The zero-order chi connectivity index (χ0) is 13.2. The Balaban J connectivity index is 2.21. The van der Waals surface area contributed by atoms with Gasteiger partial charge in [-0.15, -0.1) is 0 Å². The molecule has 18 heavy (non-hydrogen) atoms. The van der Waals surface area contributed by atoms with Gasteiger partial charge in [-0.05, 0) is 24.0 Å². The summed E-state index contributed by atoms with van der Waals surface area (Å²) < 4.78 is 5.63. The van der Waals surface area contributed by atoms with Crippen molar-refractivity contribution in [1.82, 2.24) is 0 Å². The minimum atomic E-state index is 0.00193. The second-order valence-corrected chi connectivity index (χ2v) is 4.84. The van der Waals surface area contributed by atoms with Crippen molar-refractivity contribution in [2.75, 3.05) is 13.2 Å². The minimum absolute atomic E-state index is 0.00193. The first-order chi connectivity index (χ1) is 8.77. The lowest BCUT2D eigenvalue weighted by Gasteiger charge is -2.13. The molecule has 0 aliphatic rings. The molecule has 0 amide bonds. The van der Waals surface area contributed by atoms with Crippen molar-refractivity contribution >= 4 is 0 Å². The maximum absolute atomic E-state index is 6.10. The van der Waals surface area contributed by atoms with E-state index in [0.717, 1.165) is 19.4 Å². The average molecular weight is 249 g/mol. The molecule has 1 rings (SSSR count). The van der Waals surface area contributed by atoms with Gasteiger partial charge >= 0.3 is 0 Å². The molecule has 102 valence electrons. The van der Waals surface area contributed by atoms with Crippen LogP contribution in [-0.2, 0) is 11.2 Å². The van der Waals surface area contributed by atoms with E-state index < -0.39 is 0 Å². The Labute approximate surface area is 112 Å². The van der Waals surface area contributed by atoms with E-state index in [4.69, 9.17) is 10.5 Å². The predicted molar refractivity (Wildman–Crippen MR) is 77.7 cm³/mol. The Kier molecular flexibility index (Phi) is 7.70. The highest BCUT2D eigenvalue weighted by atomic mass is 16.5. The van der Waals surface area contributed by atoms with Gasteiger partial charge in [-0.1, -0.05) is 57.4 Å². The molecule has 0 aliphatic heterocycles. The van der Waals surface area contributed by atoms with Gasteiger partial charge in [0.25, 0.3) is 0 Å². The first kappa shape index (κ1) is 15.2. The Bertz CT molecular complexity index is 307. The average Bonchev–Trinajstić information content (AvgIpc) is 2.42. The SMILES string of the molecule is CCCCCCOCC(N)c1ccc(CC)cc1. The topological polar surface area (TPSA) is 35.2 Å². The molecule has 0 radical (unpaired) electrons. The maximum Gasteiger partial charge on any atom is 0.0659 e. The summed E-state index contributed by atoms with van der Waals surface area (Å²) in [4.78, 5) is 0. The lowest BCUT2D eigenvalue weighted by atomic mass is 10.1. The largest absolute Gasteiger partial charge is 0.379 e.